The van der Waals surface area contributed by atoms with Crippen LogP contribution >= 0.6 is 7.91 Å². The Morgan fingerprint density at radius 3 is 1.85 bits per heavy atom. The maximum atomic E-state index is 12.8. The molecule has 0 unspecified atom stereocenters. The largest absolute Gasteiger partial charge is 0.513 e. The van der Waals surface area contributed by atoms with E-state index in [9.17, 15) is 8.76 Å². The molecule has 0 heterocycles. The van der Waals surface area contributed by atoms with Crippen molar-refractivity contribution >= 4 is 7.91 Å². The van der Waals surface area contributed by atoms with Crippen molar-refractivity contribution in [2.45, 2.75) is 13.8 Å². The Hall–Kier alpha value is -0.440. The second-order valence-corrected chi connectivity index (χ2v) is 3.54. The van der Waals surface area contributed by atoms with Crippen LogP contribution in [0.1, 0.15) is 13.8 Å². The van der Waals surface area contributed by atoms with Gasteiger partial charge in [-0.15, -0.1) is 4.20 Å². The molecule has 0 aromatic rings. The van der Waals surface area contributed by atoms with Gasteiger partial charge in [-0.2, -0.15) is 0 Å². The number of hydrogen-bond donors (Lipinski definition) is 0. The van der Waals surface area contributed by atoms with E-state index in [2.05, 4.69) is 9.05 Å². The zero-order chi connectivity index (χ0) is 10.2. The summed E-state index contributed by atoms with van der Waals surface area (Å²) >= 11 is 0. The monoisotopic (exact) mass is 208 g/mol. The van der Waals surface area contributed by atoms with Crippen LogP contribution in [0.25, 0.3) is 0 Å². The third-order valence-corrected chi connectivity index (χ3v) is 2.04. The molecular formula is C8H14FO3P. The Balaban J connectivity index is 3.73. The predicted molar refractivity (Wildman–Crippen MR) is 50.2 cm³/mol. The lowest BCUT2D eigenvalue weighted by Crippen LogP contribution is -1.91. The van der Waals surface area contributed by atoms with E-state index in [4.69, 9.17) is 0 Å². The van der Waals surface area contributed by atoms with Gasteiger partial charge in [0.25, 0.3) is 0 Å². The van der Waals surface area contributed by atoms with Crippen LogP contribution in [0.2, 0.25) is 0 Å². The van der Waals surface area contributed by atoms with Crippen molar-refractivity contribution in [2.24, 2.45) is 0 Å². The van der Waals surface area contributed by atoms with Gasteiger partial charge in [-0.05, 0) is 13.8 Å². The molecule has 13 heavy (non-hydrogen) atoms. The molecule has 3 nitrogen and oxygen atoms in total. The minimum Gasteiger partial charge on any atom is -0.279 e. The quantitative estimate of drug-likeness (QED) is 0.496. The van der Waals surface area contributed by atoms with Gasteiger partial charge in [0.2, 0.25) is 0 Å². The molecule has 0 aliphatic heterocycles. The molecule has 0 aliphatic rings. The topological polar surface area (TPSA) is 35.5 Å². The first-order valence-corrected chi connectivity index (χ1v) is 5.37. The average Bonchev–Trinajstić information content (AvgIpc) is 2.05. The van der Waals surface area contributed by atoms with Crippen LogP contribution in [0.5, 0.6) is 0 Å². The van der Waals surface area contributed by atoms with Gasteiger partial charge in [-0.25, -0.2) is 4.57 Å². The maximum Gasteiger partial charge on any atom is 0.513 e. The van der Waals surface area contributed by atoms with Gasteiger partial charge in [0, 0.05) is 0 Å². The second kappa shape index (κ2) is 7.01. The average molecular weight is 208 g/mol. The van der Waals surface area contributed by atoms with E-state index in [0.717, 1.165) is 0 Å². The van der Waals surface area contributed by atoms with E-state index in [0.29, 0.717) is 0 Å². The van der Waals surface area contributed by atoms with E-state index in [1.807, 2.05) is 0 Å². The van der Waals surface area contributed by atoms with Crippen molar-refractivity contribution in [3.63, 3.8) is 0 Å². The molecule has 0 spiro atoms. The highest BCUT2D eigenvalue weighted by Crippen LogP contribution is 2.49. The molecule has 0 saturated carbocycles. The minimum atomic E-state index is -4.35. The summed E-state index contributed by atoms with van der Waals surface area (Å²) in [5.41, 5.74) is 0. The molecular weight excluding hydrogens is 194 g/mol. The predicted octanol–water partition coefficient (Wildman–Crippen LogP) is 3.25. The highest BCUT2D eigenvalue weighted by molar-refractivity contribution is 7.48. The van der Waals surface area contributed by atoms with Gasteiger partial charge in [-0.1, -0.05) is 24.3 Å². The van der Waals surface area contributed by atoms with Crippen LogP contribution in [-0.2, 0) is 13.6 Å². The fourth-order valence-electron chi connectivity index (χ4n) is 0.494. The highest BCUT2D eigenvalue weighted by Gasteiger charge is 2.21. The summed E-state index contributed by atoms with van der Waals surface area (Å²) in [6, 6.07) is 0. The van der Waals surface area contributed by atoms with Crippen molar-refractivity contribution in [1.82, 2.24) is 0 Å². The SMILES string of the molecule is CC=CCOP(=O)(F)OCC=CC. The van der Waals surface area contributed by atoms with E-state index < -0.39 is 7.91 Å². The molecule has 0 radical (unpaired) electrons. The number of halogens is 1. The van der Waals surface area contributed by atoms with Crippen LogP contribution < -0.4 is 0 Å². The molecule has 0 fully saturated rings. The van der Waals surface area contributed by atoms with Crippen LogP contribution in [0, 0.1) is 0 Å². The van der Waals surface area contributed by atoms with E-state index in [-0.39, 0.29) is 13.2 Å². The fraction of sp³-hybridized carbons (Fsp3) is 0.500. The van der Waals surface area contributed by atoms with Gasteiger partial charge >= 0.3 is 7.91 Å². The second-order valence-electron chi connectivity index (χ2n) is 2.16. The van der Waals surface area contributed by atoms with Gasteiger partial charge in [-0.3, -0.25) is 9.05 Å². The summed E-state index contributed by atoms with van der Waals surface area (Å²) in [7, 11) is -4.35. The zero-order valence-electron chi connectivity index (χ0n) is 7.77. The van der Waals surface area contributed by atoms with Gasteiger partial charge < -0.3 is 0 Å². The first kappa shape index (κ1) is 12.6. The molecule has 0 amide bonds. The normalized spacial score (nSPS) is 16.8. The van der Waals surface area contributed by atoms with Crippen molar-refractivity contribution in [1.29, 1.82) is 0 Å². The lowest BCUT2D eigenvalue weighted by atomic mass is 10.6. The summed E-state index contributed by atoms with van der Waals surface area (Å²) in [5, 5.41) is 0. The van der Waals surface area contributed by atoms with E-state index in [1.165, 1.54) is 0 Å². The fourth-order valence-corrected chi connectivity index (χ4v) is 1.10. The van der Waals surface area contributed by atoms with Crippen molar-refractivity contribution in [3.8, 4) is 0 Å². The van der Waals surface area contributed by atoms with Crippen LogP contribution in [-0.4, -0.2) is 13.2 Å². The minimum absolute atomic E-state index is 0.0416. The number of hydrogen-bond acceptors (Lipinski definition) is 3. The number of allylic oxidation sites excluding steroid dienone is 2. The van der Waals surface area contributed by atoms with Crippen LogP contribution in [0.4, 0.5) is 4.20 Å². The standard InChI is InChI=1S/C8H14FO3P/c1-3-5-7-11-13(9,10)12-8-6-4-2/h3-6H,7-8H2,1-2H3. The summed E-state index contributed by atoms with van der Waals surface area (Å²) in [4.78, 5) is 0. The molecule has 0 bridgehead atoms. The molecule has 5 heteroatoms. The highest BCUT2D eigenvalue weighted by atomic mass is 31.2. The van der Waals surface area contributed by atoms with Crippen LogP contribution in [0.15, 0.2) is 24.3 Å². The summed E-state index contributed by atoms with van der Waals surface area (Å²) in [6.07, 6.45) is 6.44. The summed E-state index contributed by atoms with van der Waals surface area (Å²) in [6.45, 7) is 3.43. The zero-order valence-corrected chi connectivity index (χ0v) is 8.67. The van der Waals surface area contributed by atoms with Crippen LogP contribution in [0.3, 0.4) is 0 Å². The van der Waals surface area contributed by atoms with Gasteiger partial charge in [0.1, 0.15) is 0 Å². The molecule has 0 saturated heterocycles. The van der Waals surface area contributed by atoms with Crippen molar-refractivity contribution in [2.75, 3.05) is 13.2 Å². The lowest BCUT2D eigenvalue weighted by molar-refractivity contribution is 0.203. The van der Waals surface area contributed by atoms with Crippen molar-refractivity contribution in [3.05, 3.63) is 24.3 Å². The summed E-state index contributed by atoms with van der Waals surface area (Å²) < 4.78 is 32.3. The Kier molecular flexibility index (Phi) is 6.77. The first-order chi connectivity index (χ1) is 6.12. The Morgan fingerprint density at radius 1 is 1.15 bits per heavy atom. The smallest absolute Gasteiger partial charge is 0.279 e. The molecule has 0 atom stereocenters. The lowest BCUT2D eigenvalue weighted by Gasteiger charge is -2.06. The molecule has 0 N–H and O–H groups in total. The maximum absolute atomic E-state index is 12.8. The molecule has 0 aromatic carbocycles. The van der Waals surface area contributed by atoms with E-state index >= 15 is 0 Å². The Labute approximate surface area is 77.9 Å². The third kappa shape index (κ3) is 7.91. The molecule has 76 valence electrons. The molecule has 0 rings (SSSR count). The molecule has 0 aromatic heterocycles. The third-order valence-electron chi connectivity index (χ3n) is 1.12. The number of rotatable bonds is 6. The molecule has 0 aliphatic carbocycles. The first-order valence-electron chi connectivity index (χ1n) is 3.93. The van der Waals surface area contributed by atoms with Gasteiger partial charge in [0.15, 0.2) is 0 Å². The van der Waals surface area contributed by atoms with Gasteiger partial charge in [0.05, 0.1) is 13.2 Å². The van der Waals surface area contributed by atoms with E-state index in [1.54, 1.807) is 38.2 Å². The van der Waals surface area contributed by atoms with Crippen molar-refractivity contribution < 1.29 is 17.8 Å². The Bertz CT molecular complexity index is 205. The summed E-state index contributed by atoms with van der Waals surface area (Å²) in [5.74, 6) is 0. The Morgan fingerprint density at radius 2 is 1.54 bits per heavy atom.